The minimum absolute atomic E-state index is 0.0524. The van der Waals surface area contributed by atoms with Gasteiger partial charge in [0.15, 0.2) is 5.96 Å². The highest BCUT2D eigenvalue weighted by molar-refractivity contribution is 7.13. The largest absolute Gasteiger partial charge is 0.497 e. The number of oxazole rings is 1. The van der Waals surface area contributed by atoms with Crippen molar-refractivity contribution in [1.82, 2.24) is 15.6 Å². The second kappa shape index (κ2) is 10.5. The lowest BCUT2D eigenvalue weighted by atomic mass is 10.3. The Bertz CT molecular complexity index is 908. The molecule has 8 heteroatoms. The molecule has 2 aromatic heterocycles. The SMILES string of the molecule is CCNC(=NCc1coc(-c2cccs2)n1)NCC(C)Oc1cccc(OC)c1. The smallest absolute Gasteiger partial charge is 0.236 e. The van der Waals surface area contributed by atoms with Crippen molar-refractivity contribution in [2.75, 3.05) is 20.2 Å². The molecule has 0 amide bonds. The Morgan fingerprint density at radius 1 is 1.24 bits per heavy atom. The van der Waals surface area contributed by atoms with Crippen molar-refractivity contribution >= 4 is 17.3 Å². The van der Waals surface area contributed by atoms with E-state index in [2.05, 4.69) is 20.6 Å². The lowest BCUT2D eigenvalue weighted by Gasteiger charge is -2.18. The number of hydrogen-bond acceptors (Lipinski definition) is 6. The molecule has 1 aromatic carbocycles. The number of nitrogens with zero attached hydrogens (tertiary/aromatic N) is 2. The van der Waals surface area contributed by atoms with E-state index in [4.69, 9.17) is 13.9 Å². The Morgan fingerprint density at radius 2 is 2.10 bits per heavy atom. The Morgan fingerprint density at radius 3 is 2.86 bits per heavy atom. The minimum Gasteiger partial charge on any atom is -0.497 e. The first kappa shape index (κ1) is 20.7. The molecule has 0 aliphatic heterocycles. The van der Waals surface area contributed by atoms with E-state index in [1.165, 1.54) is 0 Å². The predicted octanol–water partition coefficient (Wildman–Crippen LogP) is 3.93. The highest BCUT2D eigenvalue weighted by atomic mass is 32.1. The van der Waals surface area contributed by atoms with Crippen molar-refractivity contribution in [2.45, 2.75) is 26.5 Å². The first-order valence-electron chi connectivity index (χ1n) is 9.49. The molecule has 0 bridgehead atoms. The molecule has 0 spiro atoms. The molecule has 1 unspecified atom stereocenters. The molecule has 0 radical (unpaired) electrons. The van der Waals surface area contributed by atoms with E-state index in [-0.39, 0.29) is 6.10 Å². The molecule has 0 aliphatic carbocycles. The van der Waals surface area contributed by atoms with Gasteiger partial charge in [0.2, 0.25) is 5.89 Å². The third-order valence-electron chi connectivity index (χ3n) is 3.96. The van der Waals surface area contributed by atoms with Gasteiger partial charge >= 0.3 is 0 Å². The summed E-state index contributed by atoms with van der Waals surface area (Å²) in [5.41, 5.74) is 0.784. The van der Waals surface area contributed by atoms with Crippen LogP contribution < -0.4 is 20.1 Å². The summed E-state index contributed by atoms with van der Waals surface area (Å²) >= 11 is 1.60. The number of ether oxygens (including phenoxy) is 2. The van der Waals surface area contributed by atoms with Gasteiger partial charge in [-0.05, 0) is 37.4 Å². The maximum Gasteiger partial charge on any atom is 0.236 e. The molecular formula is C21H26N4O3S. The quantitative estimate of drug-likeness (QED) is 0.408. The van der Waals surface area contributed by atoms with Crippen LogP contribution in [0, 0.1) is 0 Å². The average Bonchev–Trinajstić information content (AvgIpc) is 3.42. The fourth-order valence-electron chi connectivity index (χ4n) is 2.58. The zero-order chi connectivity index (χ0) is 20.5. The van der Waals surface area contributed by atoms with E-state index in [9.17, 15) is 0 Å². The van der Waals surface area contributed by atoms with Gasteiger partial charge in [-0.25, -0.2) is 9.98 Å². The zero-order valence-corrected chi connectivity index (χ0v) is 17.7. The lowest BCUT2D eigenvalue weighted by Crippen LogP contribution is -2.41. The maximum absolute atomic E-state index is 5.94. The molecule has 2 N–H and O–H groups in total. The molecular weight excluding hydrogens is 388 g/mol. The Kier molecular flexibility index (Phi) is 7.52. The van der Waals surface area contributed by atoms with Crippen molar-refractivity contribution in [2.24, 2.45) is 4.99 Å². The van der Waals surface area contributed by atoms with Crippen LogP contribution in [-0.2, 0) is 6.54 Å². The number of thiophene rings is 1. The number of rotatable bonds is 9. The van der Waals surface area contributed by atoms with Gasteiger partial charge in [0.25, 0.3) is 0 Å². The van der Waals surface area contributed by atoms with Crippen molar-refractivity contribution in [3.05, 3.63) is 53.7 Å². The number of aliphatic imine (C=N–C) groups is 1. The summed E-state index contributed by atoms with van der Waals surface area (Å²) in [7, 11) is 1.64. The number of guanidine groups is 1. The average molecular weight is 415 g/mol. The van der Waals surface area contributed by atoms with E-state index in [0.717, 1.165) is 28.6 Å². The zero-order valence-electron chi connectivity index (χ0n) is 16.8. The highest BCUT2D eigenvalue weighted by Gasteiger charge is 2.09. The summed E-state index contributed by atoms with van der Waals surface area (Å²) in [6, 6.07) is 11.5. The minimum atomic E-state index is -0.0524. The topological polar surface area (TPSA) is 80.9 Å². The van der Waals surface area contributed by atoms with Gasteiger partial charge in [-0.3, -0.25) is 0 Å². The Hall–Kier alpha value is -3.00. The molecule has 3 aromatic rings. The molecule has 154 valence electrons. The van der Waals surface area contributed by atoms with Crippen LogP contribution in [0.25, 0.3) is 10.8 Å². The first-order chi connectivity index (χ1) is 14.2. The van der Waals surface area contributed by atoms with Crippen LogP contribution in [0.4, 0.5) is 0 Å². The summed E-state index contributed by atoms with van der Waals surface area (Å²) in [5.74, 6) is 2.87. The summed E-state index contributed by atoms with van der Waals surface area (Å²) in [5, 5.41) is 8.53. The normalized spacial score (nSPS) is 12.4. The van der Waals surface area contributed by atoms with Crippen molar-refractivity contribution in [3.63, 3.8) is 0 Å². The third kappa shape index (κ3) is 6.25. The molecule has 29 heavy (non-hydrogen) atoms. The Labute approximate surface area is 174 Å². The second-order valence-electron chi connectivity index (χ2n) is 6.30. The van der Waals surface area contributed by atoms with E-state index in [1.807, 2.05) is 55.6 Å². The van der Waals surface area contributed by atoms with Gasteiger partial charge in [0.05, 0.1) is 25.1 Å². The highest BCUT2D eigenvalue weighted by Crippen LogP contribution is 2.23. The van der Waals surface area contributed by atoms with Crippen LogP contribution in [0.5, 0.6) is 11.5 Å². The van der Waals surface area contributed by atoms with Gasteiger partial charge in [-0.1, -0.05) is 12.1 Å². The van der Waals surface area contributed by atoms with E-state index >= 15 is 0 Å². The van der Waals surface area contributed by atoms with Gasteiger partial charge in [-0.15, -0.1) is 11.3 Å². The standard InChI is InChI=1S/C21H26N4O3S/c1-4-22-21(23-12-15(2)28-18-8-5-7-17(11-18)26-3)24-13-16-14-27-20(25-16)19-9-6-10-29-19/h5-11,14-15H,4,12-13H2,1-3H3,(H2,22,23,24). The second-order valence-corrected chi connectivity index (χ2v) is 7.25. The van der Waals surface area contributed by atoms with E-state index in [0.29, 0.717) is 24.9 Å². The van der Waals surface area contributed by atoms with Crippen LogP contribution >= 0.6 is 11.3 Å². The number of methoxy groups -OCH3 is 1. The molecule has 0 fully saturated rings. The summed E-state index contributed by atoms with van der Waals surface area (Å²) in [6.45, 7) is 5.81. The monoisotopic (exact) mass is 414 g/mol. The number of aromatic nitrogens is 1. The van der Waals surface area contributed by atoms with Crippen LogP contribution in [0.15, 0.2) is 57.5 Å². The summed E-state index contributed by atoms with van der Waals surface area (Å²) in [6.07, 6.45) is 1.60. The number of benzene rings is 1. The number of hydrogen-bond donors (Lipinski definition) is 2. The fourth-order valence-corrected chi connectivity index (χ4v) is 3.24. The van der Waals surface area contributed by atoms with Crippen molar-refractivity contribution in [3.8, 4) is 22.3 Å². The third-order valence-corrected chi connectivity index (χ3v) is 4.82. The first-order valence-corrected chi connectivity index (χ1v) is 10.4. The van der Waals surface area contributed by atoms with Crippen LogP contribution in [0.2, 0.25) is 0 Å². The Balaban J connectivity index is 1.53. The molecule has 7 nitrogen and oxygen atoms in total. The van der Waals surface area contributed by atoms with Crippen molar-refractivity contribution < 1.29 is 13.9 Å². The van der Waals surface area contributed by atoms with Crippen LogP contribution in [0.3, 0.4) is 0 Å². The van der Waals surface area contributed by atoms with Gasteiger partial charge < -0.3 is 24.5 Å². The van der Waals surface area contributed by atoms with E-state index in [1.54, 1.807) is 24.7 Å². The summed E-state index contributed by atoms with van der Waals surface area (Å²) < 4.78 is 16.7. The van der Waals surface area contributed by atoms with Crippen LogP contribution in [-0.4, -0.2) is 37.2 Å². The van der Waals surface area contributed by atoms with Gasteiger partial charge in [0, 0.05) is 12.6 Å². The van der Waals surface area contributed by atoms with E-state index < -0.39 is 0 Å². The predicted molar refractivity (Wildman–Crippen MR) is 116 cm³/mol. The maximum atomic E-state index is 5.94. The van der Waals surface area contributed by atoms with Gasteiger partial charge in [0.1, 0.15) is 29.6 Å². The molecule has 1 atom stereocenters. The summed E-state index contributed by atoms with van der Waals surface area (Å²) in [4.78, 5) is 10.1. The molecule has 0 saturated carbocycles. The van der Waals surface area contributed by atoms with Gasteiger partial charge in [-0.2, -0.15) is 0 Å². The molecule has 0 saturated heterocycles. The fraction of sp³-hybridized carbons (Fsp3) is 0.333. The van der Waals surface area contributed by atoms with Crippen LogP contribution in [0.1, 0.15) is 19.5 Å². The number of nitrogens with one attached hydrogen (secondary N) is 2. The molecule has 3 rings (SSSR count). The lowest BCUT2D eigenvalue weighted by molar-refractivity contribution is 0.223. The molecule has 0 aliphatic rings. The molecule has 2 heterocycles. The van der Waals surface area contributed by atoms with Crippen molar-refractivity contribution in [1.29, 1.82) is 0 Å².